The predicted molar refractivity (Wildman–Crippen MR) is 56.3 cm³/mol. The average molecular weight is 206 g/mol. The Labute approximate surface area is 86.0 Å². The van der Waals surface area contributed by atoms with Crippen LogP contribution in [0.15, 0.2) is 0 Å². The minimum absolute atomic E-state index is 0.421. The largest absolute Gasteiger partial charge is 0.383 e. The lowest BCUT2D eigenvalue weighted by molar-refractivity contribution is 0.170. The molecule has 0 amide bonds. The summed E-state index contributed by atoms with van der Waals surface area (Å²) < 4.78 is 5.05. The van der Waals surface area contributed by atoms with Crippen LogP contribution in [0.2, 0.25) is 0 Å². The van der Waals surface area contributed by atoms with Gasteiger partial charge in [0.25, 0.3) is 0 Å². The maximum Gasteiger partial charge on any atom is 0.0613 e. The standard InChI is InChI=1S/C10H20ClNO/c1-8(7-13-2)12-6-9-3-4-10(11)5-9/h8-10,12H,3-7H2,1-2H3. The van der Waals surface area contributed by atoms with E-state index in [9.17, 15) is 0 Å². The lowest BCUT2D eigenvalue weighted by atomic mass is 10.1. The zero-order valence-electron chi connectivity index (χ0n) is 8.55. The second-order valence-corrected chi connectivity index (χ2v) is 4.66. The van der Waals surface area contributed by atoms with Crippen molar-refractivity contribution < 1.29 is 4.74 Å². The SMILES string of the molecule is COCC(C)NCC1CCC(Cl)C1. The highest BCUT2D eigenvalue weighted by molar-refractivity contribution is 6.20. The van der Waals surface area contributed by atoms with E-state index in [2.05, 4.69) is 12.2 Å². The number of alkyl halides is 1. The molecule has 0 bridgehead atoms. The van der Waals surface area contributed by atoms with Gasteiger partial charge >= 0.3 is 0 Å². The Bertz CT molecular complexity index is 143. The van der Waals surface area contributed by atoms with Crippen molar-refractivity contribution in [1.29, 1.82) is 0 Å². The Morgan fingerprint density at radius 1 is 1.54 bits per heavy atom. The monoisotopic (exact) mass is 205 g/mol. The molecule has 0 aromatic rings. The Morgan fingerprint density at radius 2 is 2.31 bits per heavy atom. The van der Waals surface area contributed by atoms with Crippen LogP contribution in [0, 0.1) is 5.92 Å². The van der Waals surface area contributed by atoms with Crippen molar-refractivity contribution in [2.24, 2.45) is 5.92 Å². The molecular formula is C10H20ClNO. The van der Waals surface area contributed by atoms with E-state index in [-0.39, 0.29) is 0 Å². The van der Waals surface area contributed by atoms with E-state index in [0.29, 0.717) is 11.4 Å². The van der Waals surface area contributed by atoms with E-state index >= 15 is 0 Å². The molecule has 0 heterocycles. The summed E-state index contributed by atoms with van der Waals surface area (Å²) in [4.78, 5) is 0. The third-order valence-electron chi connectivity index (χ3n) is 2.65. The van der Waals surface area contributed by atoms with Crippen molar-refractivity contribution in [3.63, 3.8) is 0 Å². The van der Waals surface area contributed by atoms with Gasteiger partial charge in [-0.3, -0.25) is 0 Å². The second kappa shape index (κ2) is 5.84. The van der Waals surface area contributed by atoms with Gasteiger partial charge in [-0.15, -0.1) is 11.6 Å². The first-order valence-corrected chi connectivity index (χ1v) is 5.52. The Morgan fingerprint density at radius 3 is 2.85 bits per heavy atom. The Hall–Kier alpha value is 0.210. The summed E-state index contributed by atoms with van der Waals surface area (Å²) in [6, 6.07) is 0.458. The molecule has 1 rings (SSSR count). The van der Waals surface area contributed by atoms with Crippen LogP contribution in [-0.4, -0.2) is 31.7 Å². The third kappa shape index (κ3) is 4.30. The number of halogens is 1. The van der Waals surface area contributed by atoms with Gasteiger partial charge in [-0.1, -0.05) is 0 Å². The van der Waals surface area contributed by atoms with Gasteiger partial charge in [0.1, 0.15) is 0 Å². The summed E-state index contributed by atoms with van der Waals surface area (Å²) >= 11 is 6.03. The predicted octanol–water partition coefficient (Wildman–Crippen LogP) is 2.02. The number of hydrogen-bond acceptors (Lipinski definition) is 2. The fourth-order valence-electron chi connectivity index (χ4n) is 1.88. The fraction of sp³-hybridized carbons (Fsp3) is 1.00. The second-order valence-electron chi connectivity index (χ2n) is 4.04. The van der Waals surface area contributed by atoms with Crippen LogP contribution in [0.4, 0.5) is 0 Å². The summed E-state index contributed by atoms with van der Waals surface area (Å²) in [6.07, 6.45) is 3.64. The van der Waals surface area contributed by atoms with Gasteiger partial charge in [0.05, 0.1) is 6.61 Å². The highest BCUT2D eigenvalue weighted by Gasteiger charge is 2.22. The fourth-order valence-corrected chi connectivity index (χ4v) is 2.25. The van der Waals surface area contributed by atoms with Crippen LogP contribution in [0.3, 0.4) is 0 Å². The molecule has 0 aliphatic heterocycles. The van der Waals surface area contributed by atoms with E-state index in [1.54, 1.807) is 7.11 Å². The normalized spacial score (nSPS) is 30.7. The molecular weight excluding hydrogens is 186 g/mol. The van der Waals surface area contributed by atoms with E-state index in [4.69, 9.17) is 16.3 Å². The minimum Gasteiger partial charge on any atom is -0.383 e. The van der Waals surface area contributed by atoms with Gasteiger partial charge in [0.2, 0.25) is 0 Å². The average Bonchev–Trinajstić information content (AvgIpc) is 2.49. The molecule has 1 saturated carbocycles. The number of rotatable bonds is 5. The molecule has 3 heteroatoms. The summed E-state index contributed by atoms with van der Waals surface area (Å²) in [7, 11) is 1.74. The molecule has 1 fully saturated rings. The first-order chi connectivity index (χ1) is 6.22. The number of ether oxygens (including phenoxy) is 1. The van der Waals surface area contributed by atoms with Gasteiger partial charge < -0.3 is 10.1 Å². The molecule has 0 spiro atoms. The van der Waals surface area contributed by atoms with Gasteiger partial charge in [-0.2, -0.15) is 0 Å². The Kier molecular flexibility index (Phi) is 5.07. The molecule has 1 aliphatic rings. The summed E-state index contributed by atoms with van der Waals surface area (Å²) in [5.41, 5.74) is 0. The summed E-state index contributed by atoms with van der Waals surface area (Å²) in [5, 5.41) is 3.88. The number of methoxy groups -OCH3 is 1. The highest BCUT2D eigenvalue weighted by Crippen LogP contribution is 2.28. The molecule has 1 aliphatic carbocycles. The van der Waals surface area contributed by atoms with Crippen LogP contribution in [-0.2, 0) is 4.74 Å². The summed E-state index contributed by atoms with van der Waals surface area (Å²) in [5.74, 6) is 0.779. The topological polar surface area (TPSA) is 21.3 Å². The summed E-state index contributed by atoms with van der Waals surface area (Å²) in [6.45, 7) is 4.03. The molecule has 0 radical (unpaired) electrons. The van der Waals surface area contributed by atoms with Crippen LogP contribution < -0.4 is 5.32 Å². The molecule has 0 saturated heterocycles. The molecule has 0 aromatic carbocycles. The van der Waals surface area contributed by atoms with Gasteiger partial charge in [0, 0.05) is 18.5 Å². The minimum atomic E-state index is 0.421. The molecule has 0 aromatic heterocycles. The van der Waals surface area contributed by atoms with Gasteiger partial charge in [-0.25, -0.2) is 0 Å². The molecule has 13 heavy (non-hydrogen) atoms. The zero-order valence-corrected chi connectivity index (χ0v) is 9.31. The van der Waals surface area contributed by atoms with Crippen molar-refractivity contribution in [2.75, 3.05) is 20.3 Å². The van der Waals surface area contributed by atoms with Crippen molar-refractivity contribution in [3.8, 4) is 0 Å². The van der Waals surface area contributed by atoms with E-state index in [0.717, 1.165) is 19.1 Å². The van der Waals surface area contributed by atoms with Gasteiger partial charge in [-0.05, 0) is 38.6 Å². The van der Waals surface area contributed by atoms with Crippen molar-refractivity contribution in [3.05, 3.63) is 0 Å². The maximum atomic E-state index is 6.03. The molecule has 78 valence electrons. The van der Waals surface area contributed by atoms with E-state index in [1.165, 1.54) is 19.3 Å². The third-order valence-corrected chi connectivity index (χ3v) is 3.05. The zero-order chi connectivity index (χ0) is 9.68. The maximum absolute atomic E-state index is 6.03. The highest BCUT2D eigenvalue weighted by atomic mass is 35.5. The number of hydrogen-bond donors (Lipinski definition) is 1. The first kappa shape index (κ1) is 11.3. The Balaban J connectivity index is 2.05. The van der Waals surface area contributed by atoms with E-state index < -0.39 is 0 Å². The van der Waals surface area contributed by atoms with Crippen LogP contribution in [0.1, 0.15) is 26.2 Å². The van der Waals surface area contributed by atoms with Gasteiger partial charge in [0.15, 0.2) is 0 Å². The van der Waals surface area contributed by atoms with Crippen LogP contribution in [0.5, 0.6) is 0 Å². The van der Waals surface area contributed by atoms with Crippen molar-refractivity contribution in [1.82, 2.24) is 5.32 Å². The first-order valence-electron chi connectivity index (χ1n) is 5.08. The molecule has 3 unspecified atom stereocenters. The van der Waals surface area contributed by atoms with Crippen molar-refractivity contribution >= 4 is 11.6 Å². The molecule has 2 nitrogen and oxygen atoms in total. The molecule has 1 N–H and O–H groups in total. The van der Waals surface area contributed by atoms with Crippen LogP contribution in [0.25, 0.3) is 0 Å². The number of nitrogens with one attached hydrogen (secondary N) is 1. The smallest absolute Gasteiger partial charge is 0.0613 e. The van der Waals surface area contributed by atoms with Crippen LogP contribution >= 0.6 is 11.6 Å². The molecule has 3 atom stereocenters. The van der Waals surface area contributed by atoms with E-state index in [1.807, 2.05) is 0 Å². The lowest BCUT2D eigenvalue weighted by Gasteiger charge is -2.16. The quantitative estimate of drug-likeness (QED) is 0.694. The lowest BCUT2D eigenvalue weighted by Crippen LogP contribution is -2.33. The van der Waals surface area contributed by atoms with Crippen molar-refractivity contribution in [2.45, 2.75) is 37.6 Å².